The highest BCUT2D eigenvalue weighted by Crippen LogP contribution is 2.25. The summed E-state index contributed by atoms with van der Waals surface area (Å²) in [6.07, 6.45) is 10.2. The minimum Gasteiger partial charge on any atom is -0.352 e. The summed E-state index contributed by atoms with van der Waals surface area (Å²) in [6.45, 7) is 8.54. The predicted octanol–water partition coefficient (Wildman–Crippen LogP) is 1.29. The van der Waals surface area contributed by atoms with E-state index in [0.29, 0.717) is 6.04 Å². The molecule has 1 unspecified atom stereocenters. The van der Waals surface area contributed by atoms with Gasteiger partial charge >= 0.3 is 0 Å². The summed E-state index contributed by atoms with van der Waals surface area (Å²) in [5.74, 6) is 0.252. The van der Waals surface area contributed by atoms with E-state index >= 15 is 0 Å². The summed E-state index contributed by atoms with van der Waals surface area (Å²) in [5, 5.41) is 3.15. The zero-order chi connectivity index (χ0) is 16.4. The lowest BCUT2D eigenvalue weighted by Crippen LogP contribution is -2.65. The van der Waals surface area contributed by atoms with Crippen LogP contribution in [0, 0.1) is 0 Å². The molecule has 3 saturated heterocycles. The van der Waals surface area contributed by atoms with E-state index in [1.807, 2.05) is 0 Å². The van der Waals surface area contributed by atoms with Crippen molar-refractivity contribution in [3.8, 4) is 0 Å². The molecule has 1 aliphatic carbocycles. The van der Waals surface area contributed by atoms with E-state index in [-0.39, 0.29) is 5.91 Å². The average Bonchev–Trinajstić information content (AvgIpc) is 2.59. The number of likely N-dealkylation sites (tertiary alicyclic amines) is 1. The van der Waals surface area contributed by atoms with Crippen LogP contribution in [0.5, 0.6) is 0 Å². The van der Waals surface area contributed by atoms with Gasteiger partial charge in [-0.3, -0.25) is 19.5 Å². The van der Waals surface area contributed by atoms with Crippen molar-refractivity contribution in [1.29, 1.82) is 0 Å². The molecule has 5 heteroatoms. The molecule has 4 aliphatic rings. The van der Waals surface area contributed by atoms with E-state index in [0.717, 1.165) is 37.9 Å². The molecule has 0 aromatic carbocycles. The van der Waals surface area contributed by atoms with Gasteiger partial charge in [-0.2, -0.15) is 0 Å². The molecule has 4 rings (SSSR count). The van der Waals surface area contributed by atoms with Gasteiger partial charge in [0.1, 0.15) is 0 Å². The van der Waals surface area contributed by atoms with Crippen LogP contribution in [-0.2, 0) is 4.79 Å². The second-order valence-electron chi connectivity index (χ2n) is 8.39. The lowest BCUT2D eigenvalue weighted by atomic mass is 9.93. The number of piperazine rings is 1. The molecule has 3 heterocycles. The fourth-order valence-electron chi connectivity index (χ4n) is 5.17. The lowest BCUT2D eigenvalue weighted by molar-refractivity contribution is -0.123. The highest BCUT2D eigenvalue weighted by Gasteiger charge is 2.35. The van der Waals surface area contributed by atoms with Crippen molar-refractivity contribution >= 4 is 5.91 Å². The van der Waals surface area contributed by atoms with Crippen molar-refractivity contribution in [3.05, 3.63) is 0 Å². The third kappa shape index (κ3) is 3.94. The summed E-state index contributed by atoms with van der Waals surface area (Å²) >= 11 is 0. The molecule has 3 aliphatic heterocycles. The summed E-state index contributed by atoms with van der Waals surface area (Å²) in [7, 11) is 0. The maximum absolute atomic E-state index is 11.5. The molecule has 1 saturated carbocycles. The van der Waals surface area contributed by atoms with E-state index < -0.39 is 0 Å². The molecular weight excluding hydrogens is 300 g/mol. The number of nitrogens with zero attached hydrogens (tertiary/aromatic N) is 3. The van der Waals surface area contributed by atoms with Crippen LogP contribution in [0.1, 0.15) is 51.4 Å². The van der Waals surface area contributed by atoms with Crippen molar-refractivity contribution in [3.63, 3.8) is 0 Å². The van der Waals surface area contributed by atoms with Crippen LogP contribution < -0.4 is 5.32 Å². The number of carbonyl (C=O) groups excluding carboxylic acids is 1. The molecule has 0 radical (unpaired) electrons. The molecule has 0 spiro atoms. The largest absolute Gasteiger partial charge is 0.352 e. The van der Waals surface area contributed by atoms with E-state index in [2.05, 4.69) is 20.0 Å². The Kier molecular flexibility index (Phi) is 5.40. The first-order chi connectivity index (χ1) is 11.8. The van der Waals surface area contributed by atoms with Gasteiger partial charge < -0.3 is 5.32 Å². The Morgan fingerprint density at radius 3 is 2.17 bits per heavy atom. The number of rotatable bonds is 4. The van der Waals surface area contributed by atoms with Crippen molar-refractivity contribution in [2.24, 2.45) is 0 Å². The second-order valence-corrected chi connectivity index (χ2v) is 8.39. The van der Waals surface area contributed by atoms with E-state index in [1.165, 1.54) is 71.4 Å². The Morgan fingerprint density at radius 2 is 1.50 bits per heavy atom. The van der Waals surface area contributed by atoms with Gasteiger partial charge in [0.05, 0.1) is 0 Å². The van der Waals surface area contributed by atoms with Gasteiger partial charge in [-0.1, -0.05) is 19.3 Å². The number of hydrogen-bond donors (Lipinski definition) is 1. The molecule has 0 aromatic rings. The fraction of sp³-hybridized carbons (Fsp3) is 0.947. The number of hydrogen-bond acceptors (Lipinski definition) is 4. The first-order valence-corrected chi connectivity index (χ1v) is 10.3. The van der Waals surface area contributed by atoms with Gasteiger partial charge in [-0.25, -0.2) is 0 Å². The minimum absolute atomic E-state index is 0.252. The van der Waals surface area contributed by atoms with Gasteiger partial charge in [0.15, 0.2) is 0 Å². The quantitative estimate of drug-likeness (QED) is 0.841. The summed E-state index contributed by atoms with van der Waals surface area (Å²) in [4.78, 5) is 19.5. The Balaban J connectivity index is 1.15. The number of amides is 1. The van der Waals surface area contributed by atoms with E-state index in [9.17, 15) is 4.79 Å². The third-order valence-corrected chi connectivity index (χ3v) is 6.69. The van der Waals surface area contributed by atoms with Gasteiger partial charge in [-0.05, 0) is 25.7 Å². The summed E-state index contributed by atoms with van der Waals surface area (Å²) in [6, 6.07) is 2.04. The van der Waals surface area contributed by atoms with Gasteiger partial charge in [0, 0.05) is 70.4 Å². The number of carbonyl (C=O) groups is 1. The standard InChI is InChI=1S/C19H34N4O/c24-19-8-4-5-16(20-19)13-21-14-18(15-21)23-11-9-22(10-12-23)17-6-2-1-3-7-17/h16-18H,1-15H2,(H,20,24). The Labute approximate surface area is 146 Å². The topological polar surface area (TPSA) is 38.8 Å². The van der Waals surface area contributed by atoms with Crippen LogP contribution in [0.3, 0.4) is 0 Å². The SMILES string of the molecule is O=C1CCCC(CN2CC(N3CCN(C4CCCCC4)CC3)C2)N1. The third-order valence-electron chi connectivity index (χ3n) is 6.69. The number of piperidine rings is 1. The van der Waals surface area contributed by atoms with Crippen molar-refractivity contribution < 1.29 is 4.79 Å². The first kappa shape index (κ1) is 16.8. The zero-order valence-electron chi connectivity index (χ0n) is 15.1. The summed E-state index contributed by atoms with van der Waals surface area (Å²) < 4.78 is 0. The highest BCUT2D eigenvalue weighted by atomic mass is 16.1. The van der Waals surface area contributed by atoms with Crippen LogP contribution in [0.25, 0.3) is 0 Å². The molecule has 1 N–H and O–H groups in total. The lowest BCUT2D eigenvalue weighted by Gasteiger charge is -2.50. The van der Waals surface area contributed by atoms with Crippen LogP contribution in [0.4, 0.5) is 0 Å². The second kappa shape index (κ2) is 7.71. The van der Waals surface area contributed by atoms with E-state index in [1.54, 1.807) is 0 Å². The van der Waals surface area contributed by atoms with Crippen LogP contribution in [0.15, 0.2) is 0 Å². The molecule has 136 valence electrons. The molecule has 1 amide bonds. The first-order valence-electron chi connectivity index (χ1n) is 10.3. The van der Waals surface area contributed by atoms with Gasteiger partial charge in [-0.15, -0.1) is 0 Å². The molecule has 1 atom stereocenters. The zero-order valence-corrected chi connectivity index (χ0v) is 15.1. The molecule has 0 aromatic heterocycles. The molecule has 5 nitrogen and oxygen atoms in total. The molecular formula is C19H34N4O. The maximum Gasteiger partial charge on any atom is 0.220 e. The highest BCUT2D eigenvalue weighted by molar-refractivity contribution is 5.76. The van der Waals surface area contributed by atoms with Crippen LogP contribution >= 0.6 is 0 Å². The van der Waals surface area contributed by atoms with Crippen molar-refractivity contribution in [1.82, 2.24) is 20.0 Å². The molecule has 4 fully saturated rings. The predicted molar refractivity (Wildman–Crippen MR) is 96.0 cm³/mol. The summed E-state index contributed by atoms with van der Waals surface area (Å²) in [5.41, 5.74) is 0. The fourth-order valence-corrected chi connectivity index (χ4v) is 5.17. The molecule has 0 bridgehead atoms. The average molecular weight is 335 g/mol. The van der Waals surface area contributed by atoms with Crippen LogP contribution in [0.2, 0.25) is 0 Å². The number of nitrogens with one attached hydrogen (secondary N) is 1. The van der Waals surface area contributed by atoms with E-state index in [4.69, 9.17) is 0 Å². The smallest absolute Gasteiger partial charge is 0.220 e. The minimum atomic E-state index is 0.252. The van der Waals surface area contributed by atoms with Crippen LogP contribution in [-0.4, -0.2) is 84.5 Å². The monoisotopic (exact) mass is 334 g/mol. The molecule has 24 heavy (non-hydrogen) atoms. The van der Waals surface area contributed by atoms with Gasteiger partial charge in [0.2, 0.25) is 5.91 Å². The van der Waals surface area contributed by atoms with Gasteiger partial charge in [0.25, 0.3) is 0 Å². The Bertz CT molecular complexity index is 423. The van der Waals surface area contributed by atoms with Crippen molar-refractivity contribution in [2.45, 2.75) is 69.5 Å². The maximum atomic E-state index is 11.5. The van der Waals surface area contributed by atoms with Crippen molar-refractivity contribution in [2.75, 3.05) is 45.8 Å². The Morgan fingerprint density at radius 1 is 0.833 bits per heavy atom. The Hall–Kier alpha value is -0.650. The normalized spacial score (nSPS) is 32.5.